The zero-order valence-electron chi connectivity index (χ0n) is 12.4. The molecule has 0 aromatic carbocycles. The maximum absolute atomic E-state index is 5.69. The lowest BCUT2D eigenvalue weighted by Crippen LogP contribution is -2.35. The van der Waals surface area contributed by atoms with Crippen LogP contribution in [0.4, 0.5) is 5.13 Å². The van der Waals surface area contributed by atoms with E-state index in [9.17, 15) is 0 Å². The summed E-state index contributed by atoms with van der Waals surface area (Å²) in [6.45, 7) is 1.71. The molecule has 7 nitrogen and oxygen atoms in total. The lowest BCUT2D eigenvalue weighted by molar-refractivity contribution is -0.168. The minimum absolute atomic E-state index is 0.311. The third kappa shape index (κ3) is 3.50. The number of anilines is 1. The smallest absolute Gasteiger partial charge is 0.204 e. The van der Waals surface area contributed by atoms with Crippen LogP contribution in [0.3, 0.4) is 0 Å². The van der Waals surface area contributed by atoms with Gasteiger partial charge in [0.1, 0.15) is 0 Å². The van der Waals surface area contributed by atoms with E-state index in [4.69, 9.17) is 14.3 Å². The summed E-state index contributed by atoms with van der Waals surface area (Å²) in [6, 6.07) is 0. The molecule has 2 aliphatic rings. The molecule has 0 N–H and O–H groups in total. The van der Waals surface area contributed by atoms with Gasteiger partial charge in [-0.05, 0) is 12.8 Å². The third-order valence-electron chi connectivity index (χ3n) is 3.63. The molecule has 1 spiro atoms. The number of nitrogens with zero attached hydrogens (tertiary/aromatic N) is 4. The van der Waals surface area contributed by atoms with Gasteiger partial charge >= 0.3 is 0 Å². The number of ether oxygens (including phenoxy) is 2. The fourth-order valence-corrected chi connectivity index (χ4v) is 3.05. The van der Waals surface area contributed by atoms with Crippen LogP contribution in [0.1, 0.15) is 31.5 Å². The molecule has 2 heterocycles. The van der Waals surface area contributed by atoms with E-state index in [1.165, 1.54) is 11.5 Å². The maximum atomic E-state index is 5.69. The summed E-state index contributed by atoms with van der Waals surface area (Å²) in [6.07, 6.45) is 3.42. The van der Waals surface area contributed by atoms with Crippen LogP contribution >= 0.6 is 11.5 Å². The van der Waals surface area contributed by atoms with Gasteiger partial charge in [0.25, 0.3) is 0 Å². The van der Waals surface area contributed by atoms with Crippen molar-refractivity contribution in [3.05, 3.63) is 5.82 Å². The van der Waals surface area contributed by atoms with Crippen molar-refractivity contribution in [1.29, 1.82) is 0 Å². The number of aromatic nitrogens is 2. The zero-order chi connectivity index (χ0) is 14.7. The quantitative estimate of drug-likeness (QED) is 0.790. The fraction of sp³-hybridized carbons (Fsp3) is 0.769. The van der Waals surface area contributed by atoms with Gasteiger partial charge in [-0.1, -0.05) is 5.16 Å². The highest BCUT2D eigenvalue weighted by Crippen LogP contribution is 2.34. The first-order valence-electron chi connectivity index (χ1n) is 7.12. The molecule has 116 valence electrons. The second-order valence-corrected chi connectivity index (χ2v) is 6.16. The summed E-state index contributed by atoms with van der Waals surface area (Å²) in [5.41, 5.74) is 1.06. The molecule has 0 bridgehead atoms. The molecule has 0 amide bonds. The fourth-order valence-electron chi connectivity index (χ4n) is 2.46. The topological polar surface area (TPSA) is 69.1 Å². The summed E-state index contributed by atoms with van der Waals surface area (Å²) >= 11 is 1.36. The van der Waals surface area contributed by atoms with E-state index in [1.54, 1.807) is 0 Å². The van der Waals surface area contributed by atoms with Crippen molar-refractivity contribution < 1.29 is 14.3 Å². The molecule has 2 fully saturated rings. The molecule has 1 aliphatic carbocycles. The average molecular weight is 312 g/mol. The molecule has 1 aromatic rings. The molecule has 0 radical (unpaired) electrons. The van der Waals surface area contributed by atoms with Gasteiger partial charge in [-0.3, -0.25) is 0 Å². The van der Waals surface area contributed by atoms with Gasteiger partial charge in [0.15, 0.2) is 18.2 Å². The van der Waals surface area contributed by atoms with E-state index < -0.39 is 0 Å². The van der Waals surface area contributed by atoms with Crippen LogP contribution < -0.4 is 4.90 Å². The molecule has 1 aliphatic heterocycles. The molecule has 3 rings (SSSR count). The van der Waals surface area contributed by atoms with Crippen molar-refractivity contribution in [3.63, 3.8) is 0 Å². The van der Waals surface area contributed by atoms with Gasteiger partial charge in [-0.2, -0.15) is 9.36 Å². The molecule has 1 aromatic heterocycles. The summed E-state index contributed by atoms with van der Waals surface area (Å²) < 4.78 is 15.6. The minimum Gasteiger partial charge on any atom is -0.388 e. The van der Waals surface area contributed by atoms with E-state index in [1.807, 2.05) is 19.0 Å². The van der Waals surface area contributed by atoms with Crippen molar-refractivity contribution in [1.82, 2.24) is 9.36 Å². The lowest BCUT2D eigenvalue weighted by atomic mass is 9.92. The van der Waals surface area contributed by atoms with Crippen molar-refractivity contribution in [2.45, 2.75) is 38.1 Å². The summed E-state index contributed by atoms with van der Waals surface area (Å²) in [5, 5.41) is 5.08. The number of hydrogen-bond acceptors (Lipinski definition) is 8. The first-order valence-corrected chi connectivity index (χ1v) is 7.90. The summed E-state index contributed by atoms with van der Waals surface area (Å²) in [5.74, 6) is 0.318. The Balaban J connectivity index is 1.46. The van der Waals surface area contributed by atoms with Crippen LogP contribution in [-0.2, 0) is 20.9 Å². The minimum atomic E-state index is -0.351. The summed E-state index contributed by atoms with van der Waals surface area (Å²) in [7, 11) is 3.88. The molecular weight excluding hydrogens is 292 g/mol. The van der Waals surface area contributed by atoms with E-state index in [0.717, 1.165) is 36.5 Å². The number of oxime groups is 1. The van der Waals surface area contributed by atoms with Crippen LogP contribution in [-0.4, -0.2) is 48.2 Å². The second-order valence-electron chi connectivity index (χ2n) is 5.43. The third-order valence-corrected chi connectivity index (χ3v) is 4.55. The van der Waals surface area contributed by atoms with Crippen LogP contribution in [0.5, 0.6) is 0 Å². The molecule has 21 heavy (non-hydrogen) atoms. The lowest BCUT2D eigenvalue weighted by Gasteiger charge is -2.31. The first kappa shape index (κ1) is 14.7. The highest BCUT2D eigenvalue weighted by atomic mass is 32.1. The van der Waals surface area contributed by atoms with Gasteiger partial charge < -0.3 is 19.2 Å². The van der Waals surface area contributed by atoms with Crippen LogP contribution in [0.2, 0.25) is 0 Å². The Labute approximate surface area is 128 Å². The van der Waals surface area contributed by atoms with Gasteiger partial charge in [-0.25, -0.2) is 0 Å². The predicted octanol–water partition coefficient (Wildman–Crippen LogP) is 1.79. The number of hydrogen-bond donors (Lipinski definition) is 0. The van der Waals surface area contributed by atoms with E-state index in [2.05, 4.69) is 14.5 Å². The number of rotatable bonds is 4. The molecule has 1 saturated carbocycles. The predicted molar refractivity (Wildman–Crippen MR) is 79.6 cm³/mol. The van der Waals surface area contributed by atoms with E-state index in [0.29, 0.717) is 25.6 Å². The van der Waals surface area contributed by atoms with Gasteiger partial charge in [-0.15, -0.1) is 0 Å². The van der Waals surface area contributed by atoms with Gasteiger partial charge in [0.05, 0.1) is 18.9 Å². The molecule has 0 atom stereocenters. The van der Waals surface area contributed by atoms with Crippen molar-refractivity contribution in [2.24, 2.45) is 5.16 Å². The first-order chi connectivity index (χ1) is 10.2. The maximum Gasteiger partial charge on any atom is 0.204 e. The molecular formula is C13H20N4O3S. The molecule has 0 unspecified atom stereocenters. The standard InChI is InChI=1S/C13H20N4O3S/c1-17(2)12-14-11(16-21-12)9-20-15-10-3-5-13(6-4-10)18-7-8-19-13/h3-9H2,1-2H3. The van der Waals surface area contributed by atoms with Crippen LogP contribution in [0, 0.1) is 0 Å². The van der Waals surface area contributed by atoms with Crippen LogP contribution in [0.25, 0.3) is 0 Å². The SMILES string of the molecule is CN(C)c1nc(CON=C2CCC3(CC2)OCCO3)ns1. The van der Waals surface area contributed by atoms with Crippen molar-refractivity contribution in [2.75, 3.05) is 32.2 Å². The average Bonchev–Trinajstić information content (AvgIpc) is 3.11. The monoisotopic (exact) mass is 312 g/mol. The van der Waals surface area contributed by atoms with Crippen LogP contribution in [0.15, 0.2) is 5.16 Å². The zero-order valence-corrected chi connectivity index (χ0v) is 13.2. The Kier molecular flexibility index (Phi) is 4.37. The Morgan fingerprint density at radius 3 is 2.62 bits per heavy atom. The Morgan fingerprint density at radius 2 is 2.00 bits per heavy atom. The second kappa shape index (κ2) is 6.25. The Morgan fingerprint density at radius 1 is 1.29 bits per heavy atom. The largest absolute Gasteiger partial charge is 0.388 e. The van der Waals surface area contributed by atoms with Crippen molar-refractivity contribution >= 4 is 22.4 Å². The summed E-state index contributed by atoms with van der Waals surface area (Å²) in [4.78, 5) is 11.6. The Hall–Kier alpha value is -1.25. The highest BCUT2D eigenvalue weighted by molar-refractivity contribution is 7.09. The highest BCUT2D eigenvalue weighted by Gasteiger charge is 2.39. The Bertz CT molecular complexity index is 499. The van der Waals surface area contributed by atoms with Gasteiger partial charge in [0, 0.05) is 38.5 Å². The van der Waals surface area contributed by atoms with E-state index >= 15 is 0 Å². The normalized spacial score (nSPS) is 20.8. The van der Waals surface area contributed by atoms with Crippen molar-refractivity contribution in [3.8, 4) is 0 Å². The van der Waals surface area contributed by atoms with Gasteiger partial charge in [0.2, 0.25) is 5.13 Å². The molecule has 8 heteroatoms. The van der Waals surface area contributed by atoms with E-state index in [-0.39, 0.29) is 5.79 Å². The molecule has 1 saturated heterocycles.